The maximum absolute atomic E-state index is 6.61. The Balaban J connectivity index is 0.709. The van der Waals surface area contributed by atoms with E-state index < -0.39 is 0 Å². The lowest BCUT2D eigenvalue weighted by Gasteiger charge is -2.22. The van der Waals surface area contributed by atoms with Crippen LogP contribution in [0.4, 0.5) is 0 Å². The molecule has 0 aliphatic heterocycles. The lowest BCUT2D eigenvalue weighted by atomic mass is 9.88. The van der Waals surface area contributed by atoms with Crippen LogP contribution in [0, 0.1) is 14.8 Å². The molecular weight excluding hydrogens is 1600 g/mol. The SMILES string of the molecule is COc1c(Cn2nnc(-c3cccc(-c4nnn(Cc5c6ccccc6cc6ccccc56)c4I)c3)c2I)cc2ccccc2c1-c1c(OC)c(Cn2nnc(-c3cccc(-c4nnn(Cc5c6ccccc6cc6ccccc56)c4I)c3)c2I)cc2ccccc12. The molecule has 0 unspecified atom stereocenters. The van der Waals surface area contributed by atoms with Crippen LogP contribution >= 0.6 is 90.4 Å². The zero-order chi connectivity index (χ0) is 62.1. The predicted octanol–water partition coefficient (Wildman–Crippen LogP) is 17.9. The minimum Gasteiger partial charge on any atom is -0.496 e. The molecule has 0 fully saturated rings. The number of rotatable bonds is 15. The van der Waals surface area contributed by atoms with Gasteiger partial charge in [0.2, 0.25) is 0 Å². The van der Waals surface area contributed by atoms with Gasteiger partial charge in [-0.05, 0) is 203 Å². The van der Waals surface area contributed by atoms with Crippen LogP contribution in [0.15, 0.2) is 218 Å². The Kier molecular flexibility index (Phi) is 15.5. The second-order valence-electron chi connectivity index (χ2n) is 22.6. The number of hydrogen-bond acceptors (Lipinski definition) is 10. The fourth-order valence-electron chi connectivity index (χ4n) is 13.1. The van der Waals surface area contributed by atoms with Gasteiger partial charge in [0.05, 0.1) is 40.4 Å². The van der Waals surface area contributed by atoms with E-state index in [1.165, 1.54) is 54.2 Å². The van der Waals surface area contributed by atoms with Gasteiger partial charge in [0.15, 0.2) is 0 Å². The van der Waals surface area contributed by atoms with Crippen molar-refractivity contribution in [3.63, 3.8) is 0 Å². The molecule has 4 heterocycles. The first-order chi connectivity index (χ1) is 45.2. The van der Waals surface area contributed by atoms with E-state index in [0.29, 0.717) is 37.7 Å². The molecule has 0 bridgehead atoms. The maximum atomic E-state index is 6.61. The van der Waals surface area contributed by atoms with Gasteiger partial charge in [-0.1, -0.05) is 203 Å². The highest BCUT2D eigenvalue weighted by Crippen LogP contribution is 2.49. The van der Waals surface area contributed by atoms with E-state index in [1.54, 1.807) is 14.2 Å². The van der Waals surface area contributed by atoms with Crippen LogP contribution in [-0.4, -0.2) is 74.2 Å². The normalized spacial score (nSPS) is 11.8. The molecule has 0 radical (unpaired) electrons. The van der Waals surface area contributed by atoms with Crippen molar-refractivity contribution < 1.29 is 9.47 Å². The van der Waals surface area contributed by atoms with Gasteiger partial charge in [0.1, 0.15) is 49.1 Å². The lowest BCUT2D eigenvalue weighted by Crippen LogP contribution is -2.09. The number of fused-ring (bicyclic) bond motifs is 6. The summed E-state index contributed by atoms with van der Waals surface area (Å²) < 4.78 is 24.7. The van der Waals surface area contributed by atoms with Crippen LogP contribution < -0.4 is 9.47 Å². The molecule has 446 valence electrons. The average Bonchev–Trinajstić information content (AvgIpc) is 0.802. The fraction of sp³-hybridized carbons (Fsp3) is 0.0811. The molecule has 16 aromatic rings. The Hall–Kier alpha value is -8.72. The van der Waals surface area contributed by atoms with E-state index >= 15 is 0 Å². The first-order valence-corrected chi connectivity index (χ1v) is 34.0. The highest BCUT2D eigenvalue weighted by atomic mass is 127. The Bertz CT molecular complexity index is 5170. The highest BCUT2D eigenvalue weighted by molar-refractivity contribution is 14.1. The molecule has 0 aliphatic carbocycles. The van der Waals surface area contributed by atoms with E-state index in [9.17, 15) is 0 Å². The smallest absolute Gasteiger partial charge is 0.132 e. The van der Waals surface area contributed by atoms with Crippen molar-refractivity contribution in [3.05, 3.63) is 255 Å². The summed E-state index contributed by atoms with van der Waals surface area (Å²) in [5.74, 6) is 1.42. The van der Waals surface area contributed by atoms with Gasteiger partial charge < -0.3 is 9.47 Å². The molecule has 4 aromatic heterocycles. The summed E-state index contributed by atoms with van der Waals surface area (Å²) in [4.78, 5) is 0. The van der Waals surface area contributed by atoms with Gasteiger partial charge in [-0.3, -0.25) is 0 Å². The topological polar surface area (TPSA) is 141 Å². The molecular formula is C74H50I4N12O2. The van der Waals surface area contributed by atoms with Gasteiger partial charge in [0, 0.05) is 44.5 Å². The zero-order valence-electron chi connectivity index (χ0n) is 49.3. The minimum absolute atomic E-state index is 0.377. The first kappa shape index (κ1) is 58.4. The molecule has 14 nitrogen and oxygen atoms in total. The quantitative estimate of drug-likeness (QED) is 0.0719. The summed E-state index contributed by atoms with van der Waals surface area (Å²) in [6, 6.07) is 76.7. The van der Waals surface area contributed by atoms with Crippen LogP contribution in [0.25, 0.3) is 121 Å². The summed E-state index contributed by atoms with van der Waals surface area (Å²) in [7, 11) is 3.48. The molecule has 92 heavy (non-hydrogen) atoms. The third-order valence-electron chi connectivity index (χ3n) is 17.4. The molecule has 0 saturated carbocycles. The van der Waals surface area contributed by atoms with Gasteiger partial charge in [-0.2, -0.15) is 0 Å². The third kappa shape index (κ3) is 10.3. The van der Waals surface area contributed by atoms with E-state index in [0.717, 1.165) is 104 Å². The molecule has 16 rings (SSSR count). The van der Waals surface area contributed by atoms with Gasteiger partial charge in [-0.25, -0.2) is 18.7 Å². The van der Waals surface area contributed by atoms with Crippen molar-refractivity contribution in [1.29, 1.82) is 0 Å². The van der Waals surface area contributed by atoms with Crippen molar-refractivity contribution in [2.75, 3.05) is 14.2 Å². The maximum Gasteiger partial charge on any atom is 0.132 e. The molecule has 0 saturated heterocycles. The second kappa shape index (κ2) is 24.4. The van der Waals surface area contributed by atoms with Crippen LogP contribution in [0.2, 0.25) is 0 Å². The standard InChI is InChI=1S/C74H50I4N12O2/c1-91-69-53(39-87-71(75)65(79-83-87)49-23-15-25-51(37-49)67-73(77)89(85-81-67)41-61-55-27-9-3-17-43(55)33-44-18-4-10-28-56(44)61)35-47-21-7-13-31-59(47)63(69)64-60-32-14-8-22-48(60)36-54(70(64)92-2)40-88-72(76)66(80-84-88)50-24-16-26-52(38-50)68-74(78)90(86-82-68)42-62-57-29-11-5-19-45(57)34-46-20-6-12-30-58(46)62/h3-38H,39-42H2,1-2H3. The summed E-state index contributed by atoms with van der Waals surface area (Å²) in [6.45, 7) is 1.91. The van der Waals surface area contributed by atoms with Crippen molar-refractivity contribution in [1.82, 2.24) is 60.0 Å². The molecule has 12 aromatic carbocycles. The third-order valence-corrected chi connectivity index (χ3v) is 21.6. The number of nitrogens with zero attached hydrogens (tertiary/aromatic N) is 12. The summed E-state index contributed by atoms with van der Waals surface area (Å²) in [5.41, 5.74) is 13.0. The Morgan fingerprint density at radius 2 is 0.554 bits per heavy atom. The van der Waals surface area contributed by atoms with E-state index in [2.05, 4.69) is 297 Å². The highest BCUT2D eigenvalue weighted by Gasteiger charge is 2.27. The van der Waals surface area contributed by atoms with E-state index in [4.69, 9.17) is 50.7 Å². The predicted molar refractivity (Wildman–Crippen MR) is 399 cm³/mol. The Labute approximate surface area is 582 Å². The largest absolute Gasteiger partial charge is 0.496 e. The number of aromatic nitrogens is 12. The zero-order valence-corrected chi connectivity index (χ0v) is 57.9. The molecule has 18 heteroatoms. The number of hydrogen-bond donors (Lipinski definition) is 0. The monoisotopic (exact) mass is 1650 g/mol. The molecule has 0 amide bonds. The van der Waals surface area contributed by atoms with Crippen molar-refractivity contribution in [2.24, 2.45) is 0 Å². The Morgan fingerprint density at radius 1 is 0.293 bits per heavy atom. The molecule has 0 N–H and O–H groups in total. The van der Waals surface area contributed by atoms with Gasteiger partial charge in [0.25, 0.3) is 0 Å². The van der Waals surface area contributed by atoms with E-state index in [1.807, 2.05) is 30.9 Å². The van der Waals surface area contributed by atoms with Gasteiger partial charge in [-0.15, -0.1) is 20.4 Å². The average molecular weight is 1650 g/mol. The van der Waals surface area contributed by atoms with Crippen LogP contribution in [0.5, 0.6) is 11.5 Å². The molecule has 0 atom stereocenters. The number of methoxy groups -OCH3 is 2. The summed E-state index contributed by atoms with van der Waals surface area (Å²) >= 11 is 9.52. The van der Waals surface area contributed by atoms with Crippen molar-refractivity contribution in [3.8, 4) is 67.7 Å². The van der Waals surface area contributed by atoms with Crippen LogP contribution in [0.1, 0.15) is 22.3 Å². The first-order valence-electron chi connectivity index (χ1n) is 29.7. The second-order valence-corrected chi connectivity index (χ2v) is 26.7. The van der Waals surface area contributed by atoms with Crippen molar-refractivity contribution >= 4 is 155 Å². The van der Waals surface area contributed by atoms with Gasteiger partial charge >= 0.3 is 0 Å². The van der Waals surface area contributed by atoms with Crippen LogP contribution in [-0.2, 0) is 26.2 Å². The number of halogens is 4. The summed E-state index contributed by atoms with van der Waals surface area (Å²) in [5, 5.41) is 52.1. The Morgan fingerprint density at radius 3 is 0.848 bits per heavy atom. The molecule has 0 spiro atoms. The minimum atomic E-state index is 0.377. The molecule has 0 aliphatic rings. The van der Waals surface area contributed by atoms with Crippen LogP contribution in [0.3, 0.4) is 0 Å². The summed E-state index contributed by atoms with van der Waals surface area (Å²) in [6.07, 6.45) is 0. The van der Waals surface area contributed by atoms with E-state index in [-0.39, 0.29) is 0 Å². The lowest BCUT2D eigenvalue weighted by molar-refractivity contribution is 0.403. The van der Waals surface area contributed by atoms with Crippen molar-refractivity contribution in [2.45, 2.75) is 26.2 Å². The number of benzene rings is 12. The number of ether oxygens (including phenoxy) is 2. The fourth-order valence-corrected chi connectivity index (χ4v) is 15.8.